The van der Waals surface area contributed by atoms with Gasteiger partial charge in [0.2, 0.25) is 0 Å². The van der Waals surface area contributed by atoms with Gasteiger partial charge in [-0.05, 0) is 49.3 Å². The summed E-state index contributed by atoms with van der Waals surface area (Å²) in [5.41, 5.74) is 1.14. The van der Waals surface area contributed by atoms with Gasteiger partial charge in [0.25, 0.3) is 5.56 Å². The Balaban J connectivity index is 1.90. The van der Waals surface area contributed by atoms with Gasteiger partial charge in [0, 0.05) is 17.1 Å². The summed E-state index contributed by atoms with van der Waals surface area (Å²) in [5, 5.41) is 9.90. The van der Waals surface area contributed by atoms with Gasteiger partial charge in [-0.2, -0.15) is 5.26 Å². The number of thiophene rings is 1. The number of aryl methyl sites for hydroxylation is 1. The summed E-state index contributed by atoms with van der Waals surface area (Å²) in [7, 11) is 0. The second kappa shape index (κ2) is 8.06. The van der Waals surface area contributed by atoms with E-state index in [4.69, 9.17) is 10.2 Å². The van der Waals surface area contributed by atoms with Gasteiger partial charge in [0.15, 0.2) is 5.16 Å². The van der Waals surface area contributed by atoms with Crippen LogP contribution >= 0.6 is 23.1 Å². The van der Waals surface area contributed by atoms with Crippen molar-refractivity contribution in [3.05, 3.63) is 50.9 Å². The first-order valence-corrected chi connectivity index (χ1v) is 11.2. The molecule has 28 heavy (non-hydrogen) atoms. The van der Waals surface area contributed by atoms with E-state index in [-0.39, 0.29) is 11.2 Å². The molecule has 1 aromatic carbocycles. The van der Waals surface area contributed by atoms with Gasteiger partial charge < -0.3 is 0 Å². The lowest BCUT2D eigenvalue weighted by atomic mass is 9.89. The monoisotopic (exact) mass is 413 g/mol. The summed E-state index contributed by atoms with van der Waals surface area (Å²) >= 11 is 3.01. The molecule has 0 aliphatic heterocycles. The van der Waals surface area contributed by atoms with E-state index in [9.17, 15) is 9.18 Å². The van der Waals surface area contributed by atoms with Crippen LogP contribution < -0.4 is 5.56 Å². The smallest absolute Gasteiger partial charge is 0.267 e. The third-order valence-electron chi connectivity index (χ3n) is 5.06. The first kappa shape index (κ1) is 19.2. The number of thioether (sulfide) groups is 1. The Labute approximate surface area is 171 Å². The minimum Gasteiger partial charge on any atom is -0.268 e. The Hall–Kier alpha value is -2.17. The van der Waals surface area contributed by atoms with Crippen LogP contribution in [0.15, 0.2) is 34.2 Å². The number of benzene rings is 1. The lowest BCUT2D eigenvalue weighted by Gasteiger charge is -2.18. The van der Waals surface area contributed by atoms with Crippen LogP contribution in [0.2, 0.25) is 0 Å². The van der Waals surface area contributed by atoms with E-state index in [2.05, 4.69) is 13.0 Å². The van der Waals surface area contributed by atoms with Crippen molar-refractivity contribution in [2.45, 2.75) is 44.2 Å². The zero-order valence-corrected chi connectivity index (χ0v) is 17.2. The van der Waals surface area contributed by atoms with Crippen molar-refractivity contribution in [2.75, 3.05) is 5.75 Å². The summed E-state index contributed by atoms with van der Waals surface area (Å²) in [6.07, 6.45) is 4.05. The van der Waals surface area contributed by atoms with E-state index in [1.165, 1.54) is 27.3 Å². The Morgan fingerprint density at radius 2 is 2.25 bits per heavy atom. The molecule has 0 radical (unpaired) electrons. The van der Waals surface area contributed by atoms with Crippen molar-refractivity contribution >= 4 is 33.3 Å². The molecule has 0 unspecified atom stereocenters. The SMILES string of the molecule is C[C@H]1CCc2c(sc3nc(SCCCC#N)n(-c4ccccc4F)c(=O)c23)C1. The standard InChI is InChI=1S/C21H20FN3OS2/c1-13-8-9-14-17(12-13)28-19-18(14)20(26)25(16-7-3-2-6-15(16)22)21(24-19)27-11-5-4-10-23/h2-3,6-7,13H,4-5,8-9,11-12H2,1H3/t13-/m0/s1. The number of nitrogens with zero attached hydrogens (tertiary/aromatic N) is 3. The highest BCUT2D eigenvalue weighted by atomic mass is 32.2. The van der Waals surface area contributed by atoms with Gasteiger partial charge in [0.05, 0.1) is 17.1 Å². The molecule has 0 fully saturated rings. The number of aromatic nitrogens is 2. The minimum absolute atomic E-state index is 0.190. The van der Waals surface area contributed by atoms with Crippen LogP contribution in [-0.4, -0.2) is 15.3 Å². The first-order valence-electron chi connectivity index (χ1n) is 9.42. The molecule has 0 spiro atoms. The molecule has 7 heteroatoms. The fourth-order valence-corrected chi connectivity index (χ4v) is 6.00. The predicted octanol–water partition coefficient (Wildman–Crippen LogP) is 5.11. The molecular formula is C21H20FN3OS2. The number of fused-ring (bicyclic) bond motifs is 3. The normalized spacial score (nSPS) is 16.1. The summed E-state index contributed by atoms with van der Waals surface area (Å²) in [4.78, 5) is 20.3. The van der Waals surface area contributed by atoms with Gasteiger partial charge in [0.1, 0.15) is 10.6 Å². The molecule has 0 saturated carbocycles. The molecule has 1 atom stereocenters. The molecule has 0 saturated heterocycles. The molecule has 4 nitrogen and oxygen atoms in total. The third-order valence-corrected chi connectivity index (χ3v) is 7.23. The molecule has 4 rings (SSSR count). The highest BCUT2D eigenvalue weighted by molar-refractivity contribution is 7.99. The van der Waals surface area contributed by atoms with Crippen molar-refractivity contribution < 1.29 is 4.39 Å². The van der Waals surface area contributed by atoms with Crippen LogP contribution in [0.3, 0.4) is 0 Å². The van der Waals surface area contributed by atoms with Gasteiger partial charge in [-0.25, -0.2) is 9.37 Å². The Morgan fingerprint density at radius 1 is 1.43 bits per heavy atom. The second-order valence-electron chi connectivity index (χ2n) is 7.13. The molecular weight excluding hydrogens is 393 g/mol. The summed E-state index contributed by atoms with van der Waals surface area (Å²) in [6, 6.07) is 8.45. The molecule has 2 heterocycles. The summed E-state index contributed by atoms with van der Waals surface area (Å²) in [6.45, 7) is 2.23. The molecule has 3 aromatic rings. The Bertz CT molecular complexity index is 1130. The molecule has 1 aliphatic carbocycles. The lowest BCUT2D eigenvalue weighted by molar-refractivity contribution is 0.509. The number of unbranched alkanes of at least 4 members (excludes halogenated alkanes) is 1. The number of hydrogen-bond acceptors (Lipinski definition) is 5. The molecule has 2 aromatic heterocycles. The van der Waals surface area contributed by atoms with E-state index < -0.39 is 5.82 Å². The van der Waals surface area contributed by atoms with Gasteiger partial charge in [-0.15, -0.1) is 11.3 Å². The molecule has 144 valence electrons. The number of nitriles is 1. The second-order valence-corrected chi connectivity index (χ2v) is 9.27. The summed E-state index contributed by atoms with van der Waals surface area (Å²) in [5.74, 6) is 0.818. The fraction of sp³-hybridized carbons (Fsp3) is 0.381. The quantitative estimate of drug-likeness (QED) is 0.331. The maximum absolute atomic E-state index is 14.6. The molecule has 0 N–H and O–H groups in total. The number of rotatable bonds is 5. The predicted molar refractivity (Wildman–Crippen MR) is 112 cm³/mol. The van der Waals surface area contributed by atoms with E-state index in [1.807, 2.05) is 0 Å². The average Bonchev–Trinajstić information content (AvgIpc) is 3.04. The van der Waals surface area contributed by atoms with Crippen LogP contribution in [-0.2, 0) is 12.8 Å². The lowest BCUT2D eigenvalue weighted by Crippen LogP contribution is -2.23. The molecule has 1 aliphatic rings. The van der Waals surface area contributed by atoms with Crippen molar-refractivity contribution in [1.82, 2.24) is 9.55 Å². The van der Waals surface area contributed by atoms with E-state index in [0.717, 1.165) is 29.7 Å². The van der Waals surface area contributed by atoms with Crippen molar-refractivity contribution in [2.24, 2.45) is 5.92 Å². The molecule has 0 bridgehead atoms. The van der Waals surface area contributed by atoms with Crippen LogP contribution in [0.25, 0.3) is 15.9 Å². The van der Waals surface area contributed by atoms with E-state index >= 15 is 0 Å². The van der Waals surface area contributed by atoms with Crippen molar-refractivity contribution in [3.8, 4) is 11.8 Å². The van der Waals surface area contributed by atoms with Crippen LogP contribution in [0, 0.1) is 23.1 Å². The fourth-order valence-electron chi connectivity index (χ4n) is 3.63. The van der Waals surface area contributed by atoms with E-state index in [0.29, 0.717) is 35.1 Å². The van der Waals surface area contributed by atoms with Gasteiger partial charge in [-0.3, -0.25) is 9.36 Å². The summed E-state index contributed by atoms with van der Waals surface area (Å²) < 4.78 is 16.0. The van der Waals surface area contributed by atoms with E-state index in [1.54, 1.807) is 29.5 Å². The van der Waals surface area contributed by atoms with Crippen LogP contribution in [0.4, 0.5) is 4.39 Å². The van der Waals surface area contributed by atoms with Crippen LogP contribution in [0.1, 0.15) is 36.6 Å². The maximum atomic E-state index is 14.6. The van der Waals surface area contributed by atoms with Crippen LogP contribution in [0.5, 0.6) is 0 Å². The zero-order chi connectivity index (χ0) is 19.7. The first-order chi connectivity index (χ1) is 13.6. The minimum atomic E-state index is -0.442. The van der Waals surface area contributed by atoms with Gasteiger partial charge in [-0.1, -0.05) is 30.8 Å². The largest absolute Gasteiger partial charge is 0.268 e. The topological polar surface area (TPSA) is 58.7 Å². The molecule has 0 amide bonds. The van der Waals surface area contributed by atoms with Crippen molar-refractivity contribution in [1.29, 1.82) is 5.26 Å². The third kappa shape index (κ3) is 3.47. The number of halogens is 1. The zero-order valence-electron chi connectivity index (χ0n) is 15.6. The van der Waals surface area contributed by atoms with Gasteiger partial charge >= 0.3 is 0 Å². The Kier molecular flexibility index (Phi) is 5.51. The Morgan fingerprint density at radius 3 is 3.04 bits per heavy atom. The highest BCUT2D eigenvalue weighted by Crippen LogP contribution is 2.37. The van der Waals surface area contributed by atoms with Crippen molar-refractivity contribution in [3.63, 3.8) is 0 Å². The average molecular weight is 414 g/mol. The number of para-hydroxylation sites is 1. The highest BCUT2D eigenvalue weighted by Gasteiger charge is 2.25. The number of hydrogen-bond donors (Lipinski definition) is 0. The maximum Gasteiger partial charge on any atom is 0.267 e.